The fourth-order valence-corrected chi connectivity index (χ4v) is 1.44. The minimum absolute atomic E-state index is 0.00834. The first-order chi connectivity index (χ1) is 5.37. The van der Waals surface area contributed by atoms with Crippen LogP contribution in [-0.2, 0) is 9.53 Å². The van der Waals surface area contributed by atoms with E-state index in [1.807, 2.05) is 26.8 Å². The maximum atomic E-state index is 11.1. The van der Waals surface area contributed by atoms with E-state index in [4.69, 9.17) is 4.74 Å². The summed E-state index contributed by atoms with van der Waals surface area (Å²) in [5, 5.41) is 0. The SMILES string of the molecule is CCOC(=O)/C(Br)=C\C(C)(C)C. The Morgan fingerprint density at radius 3 is 2.33 bits per heavy atom. The van der Waals surface area contributed by atoms with Gasteiger partial charge in [0.15, 0.2) is 0 Å². The van der Waals surface area contributed by atoms with Gasteiger partial charge in [0.05, 0.1) is 11.1 Å². The molecule has 0 saturated heterocycles. The fourth-order valence-electron chi connectivity index (χ4n) is 0.639. The highest BCUT2D eigenvalue weighted by molar-refractivity contribution is 9.12. The molecule has 12 heavy (non-hydrogen) atoms. The van der Waals surface area contributed by atoms with Crippen LogP contribution in [0, 0.1) is 5.41 Å². The summed E-state index contributed by atoms with van der Waals surface area (Å²) in [6, 6.07) is 0. The quantitative estimate of drug-likeness (QED) is 0.543. The summed E-state index contributed by atoms with van der Waals surface area (Å²) in [4.78, 5) is 11.1. The number of hydrogen-bond donors (Lipinski definition) is 0. The third-order valence-corrected chi connectivity index (χ3v) is 1.58. The molecular weight excluding hydrogens is 220 g/mol. The number of hydrogen-bond acceptors (Lipinski definition) is 2. The van der Waals surface area contributed by atoms with Crippen molar-refractivity contribution in [3.63, 3.8) is 0 Å². The summed E-state index contributed by atoms with van der Waals surface area (Å²) in [6.07, 6.45) is 1.84. The predicted molar refractivity (Wildman–Crippen MR) is 53.1 cm³/mol. The number of carbonyl (C=O) groups is 1. The van der Waals surface area contributed by atoms with Gasteiger partial charge in [-0.15, -0.1) is 0 Å². The molecule has 0 bridgehead atoms. The van der Waals surface area contributed by atoms with Crippen molar-refractivity contribution in [1.29, 1.82) is 0 Å². The lowest BCUT2D eigenvalue weighted by Gasteiger charge is -2.12. The molecule has 0 spiro atoms. The zero-order valence-corrected chi connectivity index (χ0v) is 9.56. The van der Waals surface area contributed by atoms with Crippen LogP contribution >= 0.6 is 15.9 Å². The van der Waals surface area contributed by atoms with E-state index in [1.165, 1.54) is 0 Å². The van der Waals surface area contributed by atoms with Crippen LogP contribution in [0.3, 0.4) is 0 Å². The lowest BCUT2D eigenvalue weighted by molar-refractivity contribution is -0.137. The molecule has 0 heterocycles. The van der Waals surface area contributed by atoms with Gasteiger partial charge in [-0.1, -0.05) is 26.8 Å². The van der Waals surface area contributed by atoms with Crippen molar-refractivity contribution in [3.05, 3.63) is 10.6 Å². The standard InChI is InChI=1S/C9H15BrO2/c1-5-12-8(11)7(10)6-9(2,3)4/h6H,5H2,1-4H3/b7-6+. The highest BCUT2D eigenvalue weighted by atomic mass is 79.9. The third-order valence-electron chi connectivity index (χ3n) is 1.03. The highest BCUT2D eigenvalue weighted by Gasteiger charge is 2.12. The van der Waals surface area contributed by atoms with Crippen molar-refractivity contribution in [2.24, 2.45) is 5.41 Å². The first-order valence-corrected chi connectivity index (χ1v) is 4.71. The van der Waals surface area contributed by atoms with E-state index in [2.05, 4.69) is 15.9 Å². The lowest BCUT2D eigenvalue weighted by Crippen LogP contribution is -2.07. The Balaban J connectivity index is 4.28. The van der Waals surface area contributed by atoms with E-state index in [1.54, 1.807) is 6.92 Å². The molecule has 0 aromatic heterocycles. The Hall–Kier alpha value is -0.310. The monoisotopic (exact) mass is 234 g/mol. The van der Waals surface area contributed by atoms with Crippen LogP contribution in [0.15, 0.2) is 10.6 Å². The van der Waals surface area contributed by atoms with Crippen molar-refractivity contribution in [2.75, 3.05) is 6.61 Å². The molecule has 0 aliphatic heterocycles. The molecule has 0 amide bonds. The second kappa shape index (κ2) is 4.65. The maximum Gasteiger partial charge on any atom is 0.344 e. The summed E-state index contributed by atoms with van der Waals surface area (Å²) in [7, 11) is 0. The molecule has 0 unspecified atom stereocenters. The van der Waals surface area contributed by atoms with Crippen LogP contribution in [0.5, 0.6) is 0 Å². The average molecular weight is 235 g/mol. The Labute approximate surface area is 82.1 Å². The summed E-state index contributed by atoms with van der Waals surface area (Å²) in [5.74, 6) is -0.299. The Bertz CT molecular complexity index is 189. The zero-order valence-electron chi connectivity index (χ0n) is 7.98. The molecule has 0 aromatic carbocycles. The van der Waals surface area contributed by atoms with E-state index in [-0.39, 0.29) is 11.4 Å². The van der Waals surface area contributed by atoms with Gasteiger partial charge in [-0.3, -0.25) is 0 Å². The molecule has 0 radical (unpaired) electrons. The third kappa shape index (κ3) is 5.35. The average Bonchev–Trinajstić information content (AvgIpc) is 1.84. The highest BCUT2D eigenvalue weighted by Crippen LogP contribution is 2.21. The smallest absolute Gasteiger partial charge is 0.344 e. The van der Waals surface area contributed by atoms with Gasteiger partial charge in [-0.25, -0.2) is 4.79 Å². The molecule has 2 nitrogen and oxygen atoms in total. The van der Waals surface area contributed by atoms with Gasteiger partial charge >= 0.3 is 5.97 Å². The van der Waals surface area contributed by atoms with Crippen molar-refractivity contribution in [2.45, 2.75) is 27.7 Å². The largest absolute Gasteiger partial charge is 0.462 e. The molecular formula is C9H15BrO2. The molecule has 0 aliphatic rings. The van der Waals surface area contributed by atoms with Crippen LogP contribution in [0.1, 0.15) is 27.7 Å². The Morgan fingerprint density at radius 2 is 2.00 bits per heavy atom. The lowest BCUT2D eigenvalue weighted by atomic mass is 9.96. The van der Waals surface area contributed by atoms with Crippen molar-refractivity contribution in [1.82, 2.24) is 0 Å². The number of allylic oxidation sites excluding steroid dienone is 1. The van der Waals surface area contributed by atoms with Crippen molar-refractivity contribution >= 4 is 21.9 Å². The van der Waals surface area contributed by atoms with E-state index in [0.29, 0.717) is 11.1 Å². The number of ether oxygens (including phenoxy) is 1. The van der Waals surface area contributed by atoms with Gasteiger partial charge in [0.1, 0.15) is 0 Å². The molecule has 0 aromatic rings. The van der Waals surface area contributed by atoms with E-state index < -0.39 is 0 Å². The number of esters is 1. The Morgan fingerprint density at radius 1 is 1.50 bits per heavy atom. The van der Waals surface area contributed by atoms with Crippen LogP contribution in [0.25, 0.3) is 0 Å². The minimum Gasteiger partial charge on any atom is -0.462 e. The van der Waals surface area contributed by atoms with Crippen LogP contribution in [0.2, 0.25) is 0 Å². The second-order valence-corrected chi connectivity index (χ2v) is 4.43. The van der Waals surface area contributed by atoms with Crippen molar-refractivity contribution < 1.29 is 9.53 Å². The van der Waals surface area contributed by atoms with Gasteiger partial charge in [-0.2, -0.15) is 0 Å². The minimum atomic E-state index is -0.299. The van der Waals surface area contributed by atoms with Gasteiger partial charge < -0.3 is 4.74 Å². The number of carbonyl (C=O) groups excluding carboxylic acids is 1. The zero-order chi connectivity index (χ0) is 9.78. The van der Waals surface area contributed by atoms with Gasteiger partial charge in [-0.05, 0) is 28.3 Å². The predicted octanol–water partition coefficient (Wildman–Crippen LogP) is 2.87. The first kappa shape index (κ1) is 11.7. The van der Waals surface area contributed by atoms with Crippen molar-refractivity contribution in [3.8, 4) is 0 Å². The van der Waals surface area contributed by atoms with Gasteiger partial charge in [0.25, 0.3) is 0 Å². The van der Waals surface area contributed by atoms with E-state index in [9.17, 15) is 4.79 Å². The molecule has 70 valence electrons. The van der Waals surface area contributed by atoms with Crippen LogP contribution in [-0.4, -0.2) is 12.6 Å². The van der Waals surface area contributed by atoms with Gasteiger partial charge in [0.2, 0.25) is 0 Å². The van der Waals surface area contributed by atoms with Crippen LogP contribution in [0.4, 0.5) is 0 Å². The van der Waals surface area contributed by atoms with E-state index >= 15 is 0 Å². The summed E-state index contributed by atoms with van der Waals surface area (Å²) < 4.78 is 5.29. The van der Waals surface area contributed by atoms with Gasteiger partial charge in [0, 0.05) is 0 Å². The molecule has 0 aliphatic carbocycles. The molecule has 0 N–H and O–H groups in total. The second-order valence-electron chi connectivity index (χ2n) is 3.58. The maximum absolute atomic E-state index is 11.1. The summed E-state index contributed by atoms with van der Waals surface area (Å²) in [6.45, 7) is 8.26. The Kier molecular flexibility index (Phi) is 4.53. The summed E-state index contributed by atoms with van der Waals surface area (Å²) in [5.41, 5.74) is -0.00834. The molecule has 0 fully saturated rings. The summed E-state index contributed by atoms with van der Waals surface area (Å²) >= 11 is 3.17. The van der Waals surface area contributed by atoms with Crippen LogP contribution < -0.4 is 0 Å². The molecule has 0 saturated carbocycles. The molecule has 0 rings (SSSR count). The first-order valence-electron chi connectivity index (χ1n) is 3.92. The number of halogens is 1. The fraction of sp³-hybridized carbons (Fsp3) is 0.667. The topological polar surface area (TPSA) is 26.3 Å². The van der Waals surface area contributed by atoms with E-state index in [0.717, 1.165) is 0 Å². The molecule has 3 heteroatoms. The normalized spacial score (nSPS) is 12.9. The molecule has 0 atom stereocenters. The number of rotatable bonds is 2.